The summed E-state index contributed by atoms with van der Waals surface area (Å²) in [7, 11) is -3.31. The van der Waals surface area contributed by atoms with E-state index in [1.807, 2.05) is 6.08 Å². The number of fused-ring (bicyclic) bond motifs is 1. The summed E-state index contributed by atoms with van der Waals surface area (Å²) in [5.74, 6) is -0.383. The average molecular weight is 500 g/mol. The molecular formula is C26H21N5O4S. The molecule has 0 saturated carbocycles. The van der Waals surface area contributed by atoms with Crippen LogP contribution in [0.15, 0.2) is 82.8 Å². The molecule has 0 spiro atoms. The Morgan fingerprint density at radius 2 is 1.78 bits per heavy atom. The third-order valence-electron chi connectivity index (χ3n) is 5.69. The highest BCUT2D eigenvalue weighted by molar-refractivity contribution is 7.90. The van der Waals surface area contributed by atoms with Gasteiger partial charge in [0, 0.05) is 42.1 Å². The second kappa shape index (κ2) is 9.31. The first-order valence-corrected chi connectivity index (χ1v) is 13.0. The second-order valence-electron chi connectivity index (χ2n) is 8.33. The lowest BCUT2D eigenvalue weighted by atomic mass is 10.0. The minimum atomic E-state index is -3.31. The Hall–Kier alpha value is -4.44. The number of anilines is 1. The van der Waals surface area contributed by atoms with Crippen LogP contribution in [0.5, 0.6) is 0 Å². The number of sulfone groups is 1. The molecule has 1 amide bonds. The Morgan fingerprint density at radius 1 is 1.00 bits per heavy atom. The van der Waals surface area contributed by atoms with Crippen LogP contribution in [-0.2, 0) is 9.84 Å². The third-order valence-corrected chi connectivity index (χ3v) is 6.81. The summed E-state index contributed by atoms with van der Waals surface area (Å²) >= 11 is 0. The minimum absolute atomic E-state index is 0.0938. The van der Waals surface area contributed by atoms with Gasteiger partial charge in [-0.2, -0.15) is 0 Å². The maximum absolute atomic E-state index is 12.9. The number of rotatable bonds is 7. The van der Waals surface area contributed by atoms with E-state index in [0.29, 0.717) is 34.3 Å². The highest BCUT2D eigenvalue weighted by Gasteiger charge is 2.18. The number of carbonyl (C=O) groups is 2. The number of allylic oxidation sites excluding steroid dienone is 1. The van der Waals surface area contributed by atoms with Crippen LogP contribution >= 0.6 is 0 Å². The number of pyridine rings is 1. The predicted molar refractivity (Wildman–Crippen MR) is 137 cm³/mol. The predicted octanol–water partition coefficient (Wildman–Crippen LogP) is 4.21. The molecule has 3 heterocycles. The van der Waals surface area contributed by atoms with Crippen LogP contribution in [0.1, 0.15) is 33.7 Å². The maximum atomic E-state index is 12.9. The summed E-state index contributed by atoms with van der Waals surface area (Å²) in [5, 5.41) is 2.70. The lowest BCUT2D eigenvalue weighted by Gasteiger charge is -2.06. The van der Waals surface area contributed by atoms with Crippen LogP contribution in [0.3, 0.4) is 0 Å². The van der Waals surface area contributed by atoms with Gasteiger partial charge in [0.1, 0.15) is 11.2 Å². The molecule has 180 valence electrons. The van der Waals surface area contributed by atoms with Gasteiger partial charge in [-0.05, 0) is 36.4 Å². The van der Waals surface area contributed by atoms with Crippen molar-refractivity contribution in [2.45, 2.75) is 17.7 Å². The summed E-state index contributed by atoms with van der Waals surface area (Å²) in [6.45, 7) is 0. The largest absolute Gasteiger partial charge is 0.324 e. The van der Waals surface area contributed by atoms with Gasteiger partial charge in [0.25, 0.3) is 5.91 Å². The fraction of sp³-hybridized carbons (Fsp3) is 0.115. The number of aromatic amines is 1. The summed E-state index contributed by atoms with van der Waals surface area (Å²) in [6.07, 6.45) is 5.61. The normalized spacial score (nSPS) is 13.1. The van der Waals surface area contributed by atoms with Crippen molar-refractivity contribution >= 4 is 44.2 Å². The van der Waals surface area contributed by atoms with Crippen molar-refractivity contribution in [3.05, 3.63) is 84.2 Å². The highest BCUT2D eigenvalue weighted by atomic mass is 32.2. The summed E-state index contributed by atoms with van der Waals surface area (Å²) in [6, 6.07) is 16.5. The van der Waals surface area contributed by atoms with E-state index in [4.69, 9.17) is 0 Å². The van der Waals surface area contributed by atoms with Crippen LogP contribution in [0.25, 0.3) is 22.3 Å². The first kappa shape index (κ1) is 23.3. The highest BCUT2D eigenvalue weighted by Crippen LogP contribution is 2.23. The van der Waals surface area contributed by atoms with Gasteiger partial charge >= 0.3 is 0 Å². The Kier molecular flexibility index (Phi) is 6.03. The van der Waals surface area contributed by atoms with Crippen molar-refractivity contribution in [1.29, 1.82) is 0 Å². The maximum Gasteiger partial charge on any atom is 0.276 e. The molecule has 0 aliphatic carbocycles. The number of hydrogen-bond acceptors (Lipinski definition) is 7. The van der Waals surface area contributed by atoms with E-state index in [1.165, 1.54) is 12.1 Å². The molecule has 9 nitrogen and oxygen atoms in total. The second-order valence-corrected chi connectivity index (χ2v) is 10.3. The number of imidazole rings is 1. The lowest BCUT2D eigenvalue weighted by molar-refractivity contribution is 0.0998. The van der Waals surface area contributed by atoms with Crippen LogP contribution in [-0.4, -0.2) is 47.0 Å². The standard InChI is InChI=1S/C26H21N5O4S/c1-36(34,35)18-12-10-16(11-13-18)20-7-3-9-22(28-20)25(33)31-26-29-21-8-2-6-19(24(21)30-26)23(32)15-17-5-4-14-27-17/h2-4,6-14H,5,15H2,1H3,(H2,29,30,31,33). The van der Waals surface area contributed by atoms with E-state index >= 15 is 0 Å². The van der Waals surface area contributed by atoms with E-state index in [2.05, 4.69) is 25.3 Å². The molecule has 2 N–H and O–H groups in total. The Bertz CT molecular complexity index is 1670. The number of nitrogens with zero attached hydrogens (tertiary/aromatic N) is 3. The van der Waals surface area contributed by atoms with Gasteiger partial charge in [0.05, 0.1) is 16.1 Å². The molecule has 2 aromatic carbocycles. The van der Waals surface area contributed by atoms with Crippen molar-refractivity contribution in [1.82, 2.24) is 15.0 Å². The fourth-order valence-corrected chi connectivity index (χ4v) is 4.51. The van der Waals surface area contributed by atoms with Crippen LogP contribution in [0.2, 0.25) is 0 Å². The topological polar surface area (TPSA) is 134 Å². The molecule has 2 aromatic heterocycles. The van der Waals surface area contributed by atoms with Crippen molar-refractivity contribution < 1.29 is 18.0 Å². The SMILES string of the molecule is CS(=O)(=O)c1ccc(-c2cccc(C(=O)Nc3nc4c(C(=O)CC5=NC=CC5)cccc4[nH]3)n2)cc1. The number of aliphatic imine (C=N–C) groups is 1. The van der Waals surface area contributed by atoms with Crippen molar-refractivity contribution in [2.24, 2.45) is 4.99 Å². The summed E-state index contributed by atoms with van der Waals surface area (Å²) in [5.41, 5.74) is 3.69. The Labute approximate surface area is 206 Å². The number of para-hydroxylation sites is 1. The van der Waals surface area contributed by atoms with Crippen LogP contribution in [0, 0.1) is 0 Å². The minimum Gasteiger partial charge on any atom is -0.324 e. The quantitative estimate of drug-likeness (QED) is 0.366. The molecule has 1 aliphatic rings. The first-order valence-electron chi connectivity index (χ1n) is 11.1. The number of ketones is 1. The number of H-pyrrole nitrogens is 1. The average Bonchev–Trinajstić information content (AvgIpc) is 3.52. The molecule has 0 radical (unpaired) electrons. The summed E-state index contributed by atoms with van der Waals surface area (Å²) in [4.78, 5) is 42.0. The zero-order chi connectivity index (χ0) is 25.3. The Balaban J connectivity index is 1.36. The zero-order valence-corrected chi connectivity index (χ0v) is 20.0. The van der Waals surface area contributed by atoms with Gasteiger partial charge in [0.2, 0.25) is 5.95 Å². The number of benzene rings is 2. The van der Waals surface area contributed by atoms with Crippen LogP contribution in [0.4, 0.5) is 5.95 Å². The fourth-order valence-electron chi connectivity index (χ4n) is 3.88. The van der Waals surface area contributed by atoms with Crippen molar-refractivity contribution in [3.63, 3.8) is 0 Å². The van der Waals surface area contributed by atoms with Gasteiger partial charge in [0.15, 0.2) is 15.6 Å². The Morgan fingerprint density at radius 3 is 2.50 bits per heavy atom. The van der Waals surface area contributed by atoms with Crippen LogP contribution < -0.4 is 5.32 Å². The van der Waals surface area contributed by atoms with Gasteiger partial charge in [-0.15, -0.1) is 0 Å². The number of carbonyl (C=O) groups excluding carboxylic acids is 2. The molecule has 0 fully saturated rings. The molecule has 0 unspecified atom stereocenters. The van der Waals surface area contributed by atoms with E-state index < -0.39 is 15.7 Å². The molecule has 5 rings (SSSR count). The monoisotopic (exact) mass is 499 g/mol. The molecule has 0 bridgehead atoms. The third kappa shape index (κ3) is 4.84. The number of nitrogens with one attached hydrogen (secondary N) is 2. The molecule has 0 saturated heterocycles. The van der Waals surface area contributed by atoms with E-state index in [9.17, 15) is 18.0 Å². The first-order chi connectivity index (χ1) is 17.3. The molecular weight excluding hydrogens is 478 g/mol. The van der Waals surface area contributed by atoms with Gasteiger partial charge < -0.3 is 4.98 Å². The zero-order valence-electron chi connectivity index (χ0n) is 19.2. The molecule has 10 heteroatoms. The number of hydrogen-bond donors (Lipinski definition) is 2. The van der Waals surface area contributed by atoms with Gasteiger partial charge in [-0.25, -0.2) is 18.4 Å². The van der Waals surface area contributed by atoms with E-state index in [-0.39, 0.29) is 28.7 Å². The van der Waals surface area contributed by atoms with Crippen molar-refractivity contribution in [2.75, 3.05) is 11.6 Å². The number of aromatic nitrogens is 3. The summed E-state index contributed by atoms with van der Waals surface area (Å²) < 4.78 is 23.4. The lowest BCUT2D eigenvalue weighted by Crippen LogP contribution is -2.14. The van der Waals surface area contributed by atoms with Gasteiger partial charge in [-0.1, -0.05) is 30.3 Å². The number of Topliss-reactive ketones (excluding diaryl/α,β-unsaturated/α-hetero) is 1. The van der Waals surface area contributed by atoms with E-state index in [0.717, 1.165) is 12.0 Å². The molecule has 4 aromatic rings. The van der Waals surface area contributed by atoms with E-state index in [1.54, 1.807) is 54.7 Å². The van der Waals surface area contributed by atoms with Gasteiger partial charge in [-0.3, -0.25) is 19.9 Å². The number of amides is 1. The molecule has 36 heavy (non-hydrogen) atoms. The van der Waals surface area contributed by atoms with Crippen molar-refractivity contribution in [3.8, 4) is 11.3 Å². The smallest absolute Gasteiger partial charge is 0.276 e. The molecule has 1 aliphatic heterocycles. The molecule has 0 atom stereocenters.